The minimum atomic E-state index is -0.0690. The van der Waals surface area contributed by atoms with Crippen LogP contribution in [0.1, 0.15) is 110 Å². The second-order valence-corrected chi connectivity index (χ2v) is 12.6. The first-order valence-electron chi connectivity index (χ1n) is 15.9. The van der Waals surface area contributed by atoms with Crippen LogP contribution in [-0.4, -0.2) is 51.7 Å². The number of aromatic nitrogens is 3. The number of nitrogens with zero attached hydrogens (tertiary/aromatic N) is 5. The highest BCUT2D eigenvalue weighted by molar-refractivity contribution is 7.14. The first-order valence-corrected chi connectivity index (χ1v) is 16.7. The van der Waals surface area contributed by atoms with E-state index in [2.05, 4.69) is 79.1 Å². The van der Waals surface area contributed by atoms with Gasteiger partial charge in [0.25, 0.3) is 5.91 Å². The molecule has 0 radical (unpaired) electrons. The lowest BCUT2D eigenvalue weighted by molar-refractivity contribution is 0.0952. The largest absolute Gasteiger partial charge is 0.390 e. The zero-order valence-corrected chi connectivity index (χ0v) is 29.2. The highest BCUT2D eigenvalue weighted by Crippen LogP contribution is 2.24. The Kier molecular flexibility index (Phi) is 18.6. The summed E-state index contributed by atoms with van der Waals surface area (Å²) in [4.78, 5) is 29.5. The van der Waals surface area contributed by atoms with Gasteiger partial charge in [0.15, 0.2) is 5.13 Å². The van der Waals surface area contributed by atoms with Gasteiger partial charge >= 0.3 is 0 Å². The van der Waals surface area contributed by atoms with Gasteiger partial charge in [0.2, 0.25) is 0 Å². The summed E-state index contributed by atoms with van der Waals surface area (Å²) in [5, 5.41) is 9.13. The third kappa shape index (κ3) is 15.3. The summed E-state index contributed by atoms with van der Waals surface area (Å²) in [5.41, 5.74) is 8.41. The van der Waals surface area contributed by atoms with Crippen molar-refractivity contribution < 1.29 is 4.79 Å². The normalized spacial score (nSPS) is 12.0. The van der Waals surface area contributed by atoms with E-state index < -0.39 is 0 Å². The zero-order chi connectivity index (χ0) is 33.0. The van der Waals surface area contributed by atoms with Crippen molar-refractivity contribution in [3.63, 3.8) is 0 Å². The summed E-state index contributed by atoms with van der Waals surface area (Å²) in [6, 6.07) is 8.24. The molecular weight excluding hydrogens is 568 g/mol. The van der Waals surface area contributed by atoms with E-state index in [-0.39, 0.29) is 17.5 Å². The van der Waals surface area contributed by atoms with Crippen molar-refractivity contribution in [3.8, 4) is 11.4 Å². The van der Waals surface area contributed by atoms with Crippen molar-refractivity contribution in [2.24, 2.45) is 15.7 Å². The molecule has 0 aromatic carbocycles. The van der Waals surface area contributed by atoms with Crippen molar-refractivity contribution in [3.05, 3.63) is 53.3 Å². The first-order chi connectivity index (χ1) is 21.0. The van der Waals surface area contributed by atoms with E-state index in [4.69, 9.17) is 5.73 Å². The van der Waals surface area contributed by atoms with E-state index >= 15 is 0 Å². The maximum Gasteiger partial charge on any atom is 0.252 e. The van der Waals surface area contributed by atoms with Crippen LogP contribution in [0, 0.1) is 6.92 Å². The topological polar surface area (TPSA) is 123 Å². The van der Waals surface area contributed by atoms with Crippen molar-refractivity contribution in [2.45, 2.75) is 118 Å². The van der Waals surface area contributed by atoms with Gasteiger partial charge in [-0.3, -0.25) is 14.8 Å². The van der Waals surface area contributed by atoms with E-state index in [1.165, 1.54) is 43.4 Å². The monoisotopic (exact) mass is 624 g/mol. The quantitative estimate of drug-likeness (QED) is 0.131. The second-order valence-electron chi connectivity index (χ2n) is 11.7. The molecule has 1 amide bonds. The molecule has 0 bridgehead atoms. The number of carbonyl (C=O) groups excluding carboxylic acids is 1. The number of anilines is 1. The Morgan fingerprint density at radius 2 is 1.73 bits per heavy atom. The molecule has 10 heteroatoms. The molecule has 3 aromatic rings. The van der Waals surface area contributed by atoms with E-state index in [0.29, 0.717) is 18.2 Å². The predicted octanol–water partition coefficient (Wildman–Crippen LogP) is 8.08. The summed E-state index contributed by atoms with van der Waals surface area (Å²) in [6.07, 6.45) is 13.9. The van der Waals surface area contributed by atoms with Gasteiger partial charge in [0.1, 0.15) is 12.0 Å². The Bertz CT molecular complexity index is 1250. The van der Waals surface area contributed by atoms with Crippen LogP contribution in [-0.2, 0) is 5.54 Å². The number of unbranched alkanes of at least 4 members (excludes halogenated alkanes) is 1. The average Bonchev–Trinajstić information content (AvgIpc) is 3.68. The summed E-state index contributed by atoms with van der Waals surface area (Å²) in [6.45, 7) is 19.5. The third-order valence-electron chi connectivity index (χ3n) is 6.50. The number of thiazole rings is 1. The molecule has 244 valence electrons. The molecule has 0 saturated heterocycles. The van der Waals surface area contributed by atoms with Gasteiger partial charge in [-0.2, -0.15) is 0 Å². The molecule has 0 aliphatic rings. The maximum absolute atomic E-state index is 12.4. The van der Waals surface area contributed by atoms with Crippen molar-refractivity contribution in [2.75, 3.05) is 11.9 Å². The fourth-order valence-electron chi connectivity index (χ4n) is 3.83. The highest BCUT2D eigenvalue weighted by Gasteiger charge is 2.16. The van der Waals surface area contributed by atoms with Gasteiger partial charge in [0, 0.05) is 41.6 Å². The Balaban J connectivity index is 0.000000505. The fourth-order valence-corrected chi connectivity index (χ4v) is 4.65. The molecule has 1 unspecified atom stereocenters. The number of pyridine rings is 1. The number of hydrogen-bond donors (Lipinski definition) is 3. The molecule has 3 aromatic heterocycles. The number of rotatable bonds is 13. The third-order valence-corrected chi connectivity index (χ3v) is 7.27. The number of nitrogens with two attached hydrogens (primary N) is 1. The summed E-state index contributed by atoms with van der Waals surface area (Å²) in [5.74, 6) is -0.0690. The van der Waals surface area contributed by atoms with Crippen molar-refractivity contribution in [1.29, 1.82) is 0 Å². The van der Waals surface area contributed by atoms with Gasteiger partial charge in [0.05, 0.1) is 23.6 Å². The molecule has 0 saturated carbocycles. The van der Waals surface area contributed by atoms with Crippen molar-refractivity contribution >= 4 is 35.1 Å². The van der Waals surface area contributed by atoms with Gasteiger partial charge < -0.3 is 20.9 Å². The summed E-state index contributed by atoms with van der Waals surface area (Å²) in [7, 11) is 0. The van der Waals surface area contributed by atoms with Gasteiger partial charge in [-0.15, -0.1) is 11.3 Å². The van der Waals surface area contributed by atoms with E-state index in [0.717, 1.165) is 35.1 Å². The molecule has 0 spiro atoms. The van der Waals surface area contributed by atoms with Gasteiger partial charge in [-0.05, 0) is 65.7 Å². The van der Waals surface area contributed by atoms with Crippen LogP contribution in [0.25, 0.3) is 11.4 Å². The van der Waals surface area contributed by atoms with Crippen LogP contribution < -0.4 is 16.4 Å². The molecule has 3 heterocycles. The van der Waals surface area contributed by atoms with Gasteiger partial charge in [-0.25, -0.2) is 9.98 Å². The number of aliphatic imine (C=N–C) groups is 2. The molecular formula is C34H56N8OS. The standard InChI is InChI=1S/C21H27N5OS.C9H19N3.C4H10/c1-14-7-6-8-17(23-14)18-13-28-20(25-18)24-15(2)11-22-19(27)16-9-10-26(12-16)21(3,4)5;1-3-5-9(6-4-2)12-8-11-7-10;1-3-4-2/h6-10,12-13,15H,11H2,1-5H3,(H,22,27)(H,24,25);7-9H,3-6H2,1-2H3,(H2,10,11,12);3-4H2,1-2H3. The molecule has 0 fully saturated rings. The summed E-state index contributed by atoms with van der Waals surface area (Å²) < 4.78 is 2.04. The fraction of sp³-hybridized carbons (Fsp3) is 0.559. The molecule has 0 aliphatic heterocycles. The number of hydrogen-bond acceptors (Lipinski definition) is 6. The average molecular weight is 625 g/mol. The van der Waals surface area contributed by atoms with Gasteiger partial charge in [-0.1, -0.05) is 59.4 Å². The number of carbonyl (C=O) groups is 1. The van der Waals surface area contributed by atoms with E-state index in [1.807, 2.05) is 60.5 Å². The molecule has 9 nitrogen and oxygen atoms in total. The zero-order valence-electron chi connectivity index (χ0n) is 28.4. The lowest BCUT2D eigenvalue weighted by atomic mass is 10.1. The summed E-state index contributed by atoms with van der Waals surface area (Å²) >= 11 is 1.54. The number of nitrogens with one attached hydrogen (secondary N) is 2. The molecule has 4 N–H and O–H groups in total. The minimum Gasteiger partial charge on any atom is -0.390 e. The molecule has 0 aliphatic carbocycles. The number of aryl methyl sites for hydroxylation is 1. The highest BCUT2D eigenvalue weighted by atomic mass is 32.1. The SMILES string of the molecule is CCCC.CCCC(CCC)N=CN=CN.Cc1cccc(-c2csc(NC(C)CNC(=O)c3ccn(C(C)(C)C)c3)n2)n1. The predicted molar refractivity (Wildman–Crippen MR) is 190 cm³/mol. The Labute approximate surface area is 269 Å². The lowest BCUT2D eigenvalue weighted by Gasteiger charge is -2.20. The molecule has 1 atom stereocenters. The van der Waals surface area contributed by atoms with E-state index in [9.17, 15) is 4.79 Å². The number of amides is 1. The molecule has 44 heavy (non-hydrogen) atoms. The van der Waals surface area contributed by atoms with E-state index in [1.54, 1.807) is 6.34 Å². The second kappa shape index (κ2) is 21.2. The van der Waals surface area contributed by atoms with Crippen LogP contribution in [0.4, 0.5) is 5.13 Å². The van der Waals surface area contributed by atoms with Crippen molar-refractivity contribution in [1.82, 2.24) is 19.9 Å². The Morgan fingerprint density at radius 1 is 1.05 bits per heavy atom. The Morgan fingerprint density at radius 3 is 2.27 bits per heavy atom. The van der Waals surface area contributed by atoms with Crippen LogP contribution >= 0.6 is 11.3 Å². The van der Waals surface area contributed by atoms with Crippen LogP contribution in [0.5, 0.6) is 0 Å². The maximum atomic E-state index is 12.4. The lowest BCUT2D eigenvalue weighted by Crippen LogP contribution is -2.34. The van der Waals surface area contributed by atoms with Crippen LogP contribution in [0.3, 0.4) is 0 Å². The van der Waals surface area contributed by atoms with Crippen LogP contribution in [0.15, 0.2) is 52.0 Å². The minimum absolute atomic E-state index is 0.0396. The molecule has 3 rings (SSSR count). The first kappa shape index (κ1) is 38.5. The smallest absolute Gasteiger partial charge is 0.252 e. The Hall–Kier alpha value is -3.53. The van der Waals surface area contributed by atoms with Crippen LogP contribution in [0.2, 0.25) is 0 Å².